The molecular formula is C14H16ClN3O2. The average molecular weight is 294 g/mol. The van der Waals surface area contributed by atoms with Crippen molar-refractivity contribution in [3.8, 4) is 0 Å². The van der Waals surface area contributed by atoms with Gasteiger partial charge in [0.2, 0.25) is 5.89 Å². The molecule has 0 spiro atoms. The molecule has 1 unspecified atom stereocenters. The summed E-state index contributed by atoms with van der Waals surface area (Å²) in [6.07, 6.45) is 2.11. The van der Waals surface area contributed by atoms with E-state index >= 15 is 0 Å². The van der Waals surface area contributed by atoms with Gasteiger partial charge >= 0.3 is 0 Å². The van der Waals surface area contributed by atoms with E-state index < -0.39 is 0 Å². The highest BCUT2D eigenvalue weighted by molar-refractivity contribution is 6.30. The van der Waals surface area contributed by atoms with Crippen LogP contribution in [-0.2, 0) is 11.3 Å². The highest BCUT2D eigenvalue weighted by Gasteiger charge is 2.21. The van der Waals surface area contributed by atoms with E-state index in [0.717, 1.165) is 31.0 Å². The number of hydrogen-bond acceptors (Lipinski definition) is 5. The molecule has 3 rings (SSSR count). The fourth-order valence-corrected chi connectivity index (χ4v) is 2.32. The van der Waals surface area contributed by atoms with E-state index in [-0.39, 0.29) is 5.92 Å². The summed E-state index contributed by atoms with van der Waals surface area (Å²) in [5, 5.41) is 7.97. The first-order valence-corrected chi connectivity index (χ1v) is 7.09. The van der Waals surface area contributed by atoms with Crippen LogP contribution in [0.15, 0.2) is 28.8 Å². The maximum absolute atomic E-state index is 5.84. The number of ether oxygens (including phenoxy) is 1. The largest absolute Gasteiger partial charge is 0.381 e. The maximum atomic E-state index is 5.84. The molecular weight excluding hydrogens is 278 g/mol. The van der Waals surface area contributed by atoms with E-state index in [1.165, 1.54) is 0 Å². The summed E-state index contributed by atoms with van der Waals surface area (Å²) < 4.78 is 10.7. The summed E-state index contributed by atoms with van der Waals surface area (Å²) in [5.74, 6) is 1.59. The molecule has 0 aliphatic carbocycles. The summed E-state index contributed by atoms with van der Waals surface area (Å²) in [6.45, 7) is 2.02. The fourth-order valence-electron chi connectivity index (χ4n) is 2.20. The van der Waals surface area contributed by atoms with Gasteiger partial charge in [-0.15, -0.1) is 0 Å². The second kappa shape index (κ2) is 6.24. The molecule has 5 nitrogen and oxygen atoms in total. The Kier molecular flexibility index (Phi) is 4.18. The summed E-state index contributed by atoms with van der Waals surface area (Å²) in [7, 11) is 0. The van der Waals surface area contributed by atoms with Crippen molar-refractivity contribution in [2.75, 3.05) is 18.5 Å². The molecule has 1 saturated heterocycles. The lowest BCUT2D eigenvalue weighted by Crippen LogP contribution is -2.16. The van der Waals surface area contributed by atoms with Crippen molar-refractivity contribution in [2.45, 2.75) is 25.3 Å². The molecule has 1 aromatic carbocycles. The normalized spacial score (nSPS) is 18.9. The lowest BCUT2D eigenvalue weighted by Gasteiger charge is -2.18. The van der Waals surface area contributed by atoms with E-state index in [1.54, 1.807) is 0 Å². The molecule has 1 aliphatic rings. The first-order chi connectivity index (χ1) is 9.81. The van der Waals surface area contributed by atoms with Gasteiger partial charge in [-0.25, -0.2) is 0 Å². The van der Waals surface area contributed by atoms with Gasteiger partial charge < -0.3 is 14.6 Å². The van der Waals surface area contributed by atoms with E-state index in [1.807, 2.05) is 24.3 Å². The molecule has 1 aromatic heterocycles. The van der Waals surface area contributed by atoms with Gasteiger partial charge in [0.1, 0.15) is 0 Å². The zero-order chi connectivity index (χ0) is 13.8. The van der Waals surface area contributed by atoms with Gasteiger partial charge in [0, 0.05) is 23.2 Å². The van der Waals surface area contributed by atoms with E-state index in [9.17, 15) is 0 Å². The van der Waals surface area contributed by atoms with Crippen LogP contribution in [0, 0.1) is 0 Å². The molecule has 20 heavy (non-hydrogen) atoms. The van der Waals surface area contributed by atoms with Gasteiger partial charge in [0.15, 0.2) is 5.82 Å². The van der Waals surface area contributed by atoms with Gasteiger partial charge in [-0.05, 0) is 37.1 Å². The number of aromatic nitrogens is 2. The Labute approximate surface area is 122 Å². The zero-order valence-corrected chi connectivity index (χ0v) is 11.8. The van der Waals surface area contributed by atoms with E-state index in [0.29, 0.717) is 24.1 Å². The average Bonchev–Trinajstić information content (AvgIpc) is 2.97. The molecule has 1 aliphatic heterocycles. The van der Waals surface area contributed by atoms with Crippen molar-refractivity contribution < 1.29 is 9.26 Å². The van der Waals surface area contributed by atoms with Crippen LogP contribution in [0.25, 0.3) is 0 Å². The lowest BCUT2D eigenvalue weighted by molar-refractivity contribution is 0.0773. The zero-order valence-electron chi connectivity index (χ0n) is 11.0. The quantitative estimate of drug-likeness (QED) is 0.938. The Morgan fingerprint density at radius 3 is 2.90 bits per heavy atom. The van der Waals surface area contributed by atoms with E-state index in [2.05, 4.69) is 15.5 Å². The van der Waals surface area contributed by atoms with Gasteiger partial charge in [-0.2, -0.15) is 4.98 Å². The molecule has 2 heterocycles. The monoisotopic (exact) mass is 293 g/mol. The Hall–Kier alpha value is -1.59. The van der Waals surface area contributed by atoms with Crippen LogP contribution in [-0.4, -0.2) is 23.4 Å². The van der Waals surface area contributed by atoms with Crippen molar-refractivity contribution >= 4 is 17.3 Å². The Morgan fingerprint density at radius 2 is 2.15 bits per heavy atom. The number of anilines is 1. The molecule has 106 valence electrons. The second-order valence-electron chi connectivity index (χ2n) is 4.82. The fraction of sp³-hybridized carbons (Fsp3) is 0.429. The van der Waals surface area contributed by atoms with E-state index in [4.69, 9.17) is 20.9 Å². The third-order valence-corrected chi connectivity index (χ3v) is 3.55. The molecule has 1 fully saturated rings. The molecule has 1 N–H and O–H groups in total. The molecule has 6 heteroatoms. The Bertz CT molecular complexity index is 550. The predicted molar refractivity (Wildman–Crippen MR) is 75.9 cm³/mol. The van der Waals surface area contributed by atoms with Gasteiger partial charge in [-0.3, -0.25) is 0 Å². The maximum Gasteiger partial charge on any atom is 0.245 e. The number of benzene rings is 1. The van der Waals surface area contributed by atoms with Gasteiger partial charge in [0.05, 0.1) is 13.2 Å². The summed E-state index contributed by atoms with van der Waals surface area (Å²) in [5.41, 5.74) is 0.968. The van der Waals surface area contributed by atoms with Crippen LogP contribution < -0.4 is 5.32 Å². The topological polar surface area (TPSA) is 60.2 Å². The minimum Gasteiger partial charge on any atom is -0.381 e. The number of nitrogens with zero attached hydrogens (tertiary/aromatic N) is 2. The predicted octanol–water partition coefficient (Wildman–Crippen LogP) is 3.23. The molecule has 0 bridgehead atoms. The van der Waals surface area contributed by atoms with Crippen LogP contribution in [0.2, 0.25) is 5.02 Å². The third kappa shape index (κ3) is 3.29. The minimum atomic E-state index is 0.261. The highest BCUT2D eigenvalue weighted by Crippen LogP contribution is 2.23. The lowest BCUT2D eigenvalue weighted by atomic mass is 10.0. The molecule has 2 aromatic rings. The molecule has 1 atom stereocenters. The minimum absolute atomic E-state index is 0.261. The van der Waals surface area contributed by atoms with Crippen LogP contribution in [0.4, 0.5) is 5.69 Å². The summed E-state index contributed by atoms with van der Waals surface area (Å²) >= 11 is 5.84. The SMILES string of the molecule is Clc1ccc(NCc2nc(C3CCCOC3)no2)cc1. The van der Waals surface area contributed by atoms with Crippen LogP contribution in [0.5, 0.6) is 0 Å². The summed E-state index contributed by atoms with van der Waals surface area (Å²) in [4.78, 5) is 4.42. The number of halogens is 1. The number of rotatable bonds is 4. The van der Waals surface area contributed by atoms with Crippen molar-refractivity contribution in [1.82, 2.24) is 10.1 Å². The van der Waals surface area contributed by atoms with Crippen molar-refractivity contribution in [2.24, 2.45) is 0 Å². The summed E-state index contributed by atoms with van der Waals surface area (Å²) in [6, 6.07) is 7.49. The number of nitrogens with one attached hydrogen (secondary N) is 1. The van der Waals surface area contributed by atoms with Gasteiger partial charge in [0.25, 0.3) is 0 Å². The molecule has 0 radical (unpaired) electrons. The third-order valence-electron chi connectivity index (χ3n) is 3.30. The molecule has 0 saturated carbocycles. The van der Waals surface area contributed by atoms with Crippen molar-refractivity contribution in [1.29, 1.82) is 0 Å². The van der Waals surface area contributed by atoms with Crippen molar-refractivity contribution in [3.05, 3.63) is 41.0 Å². The van der Waals surface area contributed by atoms with Crippen molar-refractivity contribution in [3.63, 3.8) is 0 Å². The standard InChI is InChI=1S/C14H16ClN3O2/c15-11-3-5-12(6-4-11)16-8-13-17-14(18-20-13)10-2-1-7-19-9-10/h3-6,10,16H,1-2,7-9H2. The smallest absolute Gasteiger partial charge is 0.245 e. The van der Waals surface area contributed by atoms with Crippen LogP contribution in [0.3, 0.4) is 0 Å². The van der Waals surface area contributed by atoms with Crippen LogP contribution >= 0.6 is 11.6 Å². The first kappa shape index (κ1) is 13.4. The Balaban J connectivity index is 1.58. The first-order valence-electron chi connectivity index (χ1n) is 6.71. The number of hydrogen-bond donors (Lipinski definition) is 1. The van der Waals surface area contributed by atoms with Crippen LogP contribution in [0.1, 0.15) is 30.5 Å². The highest BCUT2D eigenvalue weighted by atomic mass is 35.5. The molecule has 0 amide bonds. The second-order valence-corrected chi connectivity index (χ2v) is 5.26. The Morgan fingerprint density at radius 1 is 1.30 bits per heavy atom. The van der Waals surface area contributed by atoms with Gasteiger partial charge in [-0.1, -0.05) is 16.8 Å².